The number of nitrogen functional groups attached to an aromatic ring is 1. The third-order valence-electron chi connectivity index (χ3n) is 1.53. The zero-order valence-electron chi connectivity index (χ0n) is 6.34. The molecule has 1 aromatic heterocycles. The number of oxazole rings is 1. The van der Waals surface area contributed by atoms with E-state index in [1.165, 1.54) is 0 Å². The summed E-state index contributed by atoms with van der Waals surface area (Å²) in [4.78, 5) is 3.67. The fraction of sp³-hybridized carbons (Fsp3) is 0. The minimum Gasteiger partial charge on any atom is -0.419 e. The zero-order valence-corrected chi connectivity index (χ0v) is 6.34. The van der Waals surface area contributed by atoms with Gasteiger partial charge in [0, 0.05) is 12.1 Å². The van der Waals surface area contributed by atoms with E-state index >= 15 is 0 Å². The van der Waals surface area contributed by atoms with Crippen LogP contribution < -0.4 is 11.3 Å². The fourth-order valence-corrected chi connectivity index (χ4v) is 1.02. The Kier molecular flexibility index (Phi) is 1.63. The number of nitrogens with one attached hydrogen (secondary N) is 1. The highest BCUT2D eigenvalue weighted by molar-refractivity contribution is 5.74. The van der Waals surface area contributed by atoms with Crippen molar-refractivity contribution in [1.82, 2.24) is 4.98 Å². The van der Waals surface area contributed by atoms with E-state index in [-0.39, 0.29) is 17.1 Å². The van der Waals surface area contributed by atoms with Crippen LogP contribution in [-0.2, 0) is 0 Å². The molecule has 13 heavy (non-hydrogen) atoms. The van der Waals surface area contributed by atoms with Gasteiger partial charge in [0.15, 0.2) is 11.4 Å². The minimum absolute atomic E-state index is 0.0560. The minimum atomic E-state index is -0.802. The highest BCUT2D eigenvalue weighted by Crippen LogP contribution is 2.22. The zero-order chi connectivity index (χ0) is 9.42. The summed E-state index contributed by atoms with van der Waals surface area (Å²) >= 11 is 0. The predicted octanol–water partition coefficient (Wildman–Crippen LogP) is 1.39. The van der Waals surface area contributed by atoms with Gasteiger partial charge >= 0.3 is 6.01 Å². The Morgan fingerprint density at radius 2 is 2.15 bits per heavy atom. The van der Waals surface area contributed by atoms with E-state index in [1.807, 2.05) is 0 Å². The molecule has 6 heteroatoms. The Balaban J connectivity index is 2.75. The van der Waals surface area contributed by atoms with Gasteiger partial charge in [-0.3, -0.25) is 5.43 Å². The van der Waals surface area contributed by atoms with E-state index in [9.17, 15) is 8.78 Å². The molecule has 0 bridgehead atoms. The average molecular weight is 185 g/mol. The van der Waals surface area contributed by atoms with E-state index < -0.39 is 11.6 Å². The first-order valence-electron chi connectivity index (χ1n) is 3.43. The van der Waals surface area contributed by atoms with Crippen LogP contribution in [0.2, 0.25) is 0 Å². The van der Waals surface area contributed by atoms with Crippen LogP contribution in [0.15, 0.2) is 16.5 Å². The second-order valence-corrected chi connectivity index (χ2v) is 2.40. The van der Waals surface area contributed by atoms with Gasteiger partial charge in [-0.15, -0.1) is 0 Å². The van der Waals surface area contributed by atoms with E-state index in [1.54, 1.807) is 0 Å². The molecule has 3 N–H and O–H groups in total. The van der Waals surface area contributed by atoms with E-state index in [2.05, 4.69) is 10.4 Å². The van der Waals surface area contributed by atoms with Crippen LogP contribution in [-0.4, -0.2) is 4.98 Å². The van der Waals surface area contributed by atoms with Gasteiger partial charge in [0.25, 0.3) is 0 Å². The number of hydrogen-bond donors (Lipinski definition) is 2. The van der Waals surface area contributed by atoms with Crippen LogP contribution >= 0.6 is 0 Å². The number of nitrogens with zero attached hydrogens (tertiary/aromatic N) is 1. The van der Waals surface area contributed by atoms with E-state index in [4.69, 9.17) is 10.3 Å². The first-order valence-corrected chi connectivity index (χ1v) is 3.43. The largest absolute Gasteiger partial charge is 0.419 e. The molecule has 2 aromatic rings. The number of aromatic nitrogens is 1. The van der Waals surface area contributed by atoms with Crippen molar-refractivity contribution >= 4 is 17.1 Å². The van der Waals surface area contributed by atoms with Gasteiger partial charge in [-0.2, -0.15) is 4.98 Å². The molecule has 0 aliphatic carbocycles. The Bertz CT molecular complexity index is 454. The fourth-order valence-electron chi connectivity index (χ4n) is 1.02. The Morgan fingerprint density at radius 1 is 1.38 bits per heavy atom. The highest BCUT2D eigenvalue weighted by atomic mass is 19.1. The molecule has 2 rings (SSSR count). The highest BCUT2D eigenvalue weighted by Gasteiger charge is 2.10. The second-order valence-electron chi connectivity index (χ2n) is 2.40. The summed E-state index contributed by atoms with van der Waals surface area (Å²) in [6, 6.07) is 1.72. The molecule has 0 aliphatic rings. The second kappa shape index (κ2) is 2.67. The van der Waals surface area contributed by atoms with E-state index in [0.29, 0.717) is 6.07 Å². The van der Waals surface area contributed by atoms with Crippen LogP contribution in [0, 0.1) is 11.6 Å². The normalized spacial score (nSPS) is 10.7. The van der Waals surface area contributed by atoms with E-state index in [0.717, 1.165) is 6.07 Å². The summed E-state index contributed by atoms with van der Waals surface area (Å²) in [5.74, 6) is 3.47. The number of benzene rings is 1. The average Bonchev–Trinajstić information content (AvgIpc) is 2.47. The van der Waals surface area contributed by atoms with Crippen LogP contribution in [0.3, 0.4) is 0 Å². The molecule has 0 atom stereocenters. The molecule has 0 saturated carbocycles. The van der Waals surface area contributed by atoms with Crippen molar-refractivity contribution in [3.8, 4) is 0 Å². The van der Waals surface area contributed by atoms with Gasteiger partial charge in [0.2, 0.25) is 0 Å². The quantitative estimate of drug-likeness (QED) is 0.520. The van der Waals surface area contributed by atoms with Crippen molar-refractivity contribution in [2.75, 3.05) is 5.43 Å². The lowest BCUT2D eigenvalue weighted by Crippen LogP contribution is -2.06. The monoisotopic (exact) mass is 185 g/mol. The van der Waals surface area contributed by atoms with Crippen LogP contribution in [0.4, 0.5) is 14.8 Å². The first-order chi connectivity index (χ1) is 6.20. The lowest BCUT2D eigenvalue weighted by molar-refractivity contribution is 0.550. The van der Waals surface area contributed by atoms with Gasteiger partial charge in [0.05, 0.1) is 0 Å². The van der Waals surface area contributed by atoms with Gasteiger partial charge < -0.3 is 4.42 Å². The maximum absolute atomic E-state index is 13.0. The predicted molar refractivity (Wildman–Crippen MR) is 41.7 cm³/mol. The smallest absolute Gasteiger partial charge is 0.310 e. The van der Waals surface area contributed by atoms with Gasteiger partial charge in [0.1, 0.15) is 11.3 Å². The van der Waals surface area contributed by atoms with Gasteiger partial charge in [-0.05, 0) is 0 Å². The number of halogens is 2. The molecule has 68 valence electrons. The third kappa shape index (κ3) is 1.20. The molecule has 1 aromatic carbocycles. The number of hydrogen-bond acceptors (Lipinski definition) is 4. The maximum Gasteiger partial charge on any atom is 0.310 e. The Hall–Kier alpha value is -1.69. The third-order valence-corrected chi connectivity index (χ3v) is 1.53. The molecule has 4 nitrogen and oxygen atoms in total. The Labute approximate surface area is 71.3 Å². The molecule has 0 fully saturated rings. The maximum atomic E-state index is 13.0. The number of anilines is 1. The molecule has 0 saturated heterocycles. The van der Waals surface area contributed by atoms with Crippen LogP contribution in [0.25, 0.3) is 11.1 Å². The molecule has 1 heterocycles. The molecular formula is C7H5F2N3O. The summed E-state index contributed by atoms with van der Waals surface area (Å²) in [5, 5.41) is 0. The van der Waals surface area contributed by atoms with Crippen molar-refractivity contribution < 1.29 is 13.2 Å². The van der Waals surface area contributed by atoms with Crippen LogP contribution in [0.1, 0.15) is 0 Å². The van der Waals surface area contributed by atoms with Crippen molar-refractivity contribution in [1.29, 1.82) is 0 Å². The SMILES string of the molecule is NNc1nc2cc(F)cc(F)c2o1. The summed E-state index contributed by atoms with van der Waals surface area (Å²) in [6.45, 7) is 0. The van der Waals surface area contributed by atoms with Crippen molar-refractivity contribution in [2.24, 2.45) is 5.84 Å². The number of nitrogens with two attached hydrogens (primary N) is 1. The molecule has 0 unspecified atom stereocenters. The topological polar surface area (TPSA) is 64.1 Å². The lowest BCUT2D eigenvalue weighted by atomic mass is 10.3. The van der Waals surface area contributed by atoms with Crippen LogP contribution in [0.5, 0.6) is 0 Å². The van der Waals surface area contributed by atoms with Gasteiger partial charge in [-0.25, -0.2) is 14.6 Å². The molecule has 0 radical (unpaired) electrons. The van der Waals surface area contributed by atoms with Gasteiger partial charge in [-0.1, -0.05) is 0 Å². The molecular weight excluding hydrogens is 180 g/mol. The first kappa shape index (κ1) is 7.93. The summed E-state index contributed by atoms with van der Waals surface area (Å²) in [5.41, 5.74) is 2.07. The van der Waals surface area contributed by atoms with Crippen molar-refractivity contribution in [2.45, 2.75) is 0 Å². The Morgan fingerprint density at radius 3 is 2.85 bits per heavy atom. The molecule has 0 aliphatic heterocycles. The van der Waals surface area contributed by atoms with Crippen molar-refractivity contribution in [3.63, 3.8) is 0 Å². The molecule has 0 spiro atoms. The van der Waals surface area contributed by atoms with Crippen molar-refractivity contribution in [3.05, 3.63) is 23.8 Å². The summed E-state index contributed by atoms with van der Waals surface area (Å²) < 4.78 is 30.4. The number of fused-ring (bicyclic) bond motifs is 1. The standard InChI is InChI=1S/C7H5F2N3O/c8-3-1-4(9)6-5(2-3)11-7(12-10)13-6/h1-2H,10H2,(H,11,12). The molecule has 0 amide bonds. The number of rotatable bonds is 1. The summed E-state index contributed by atoms with van der Waals surface area (Å²) in [7, 11) is 0. The number of hydrazine groups is 1. The summed E-state index contributed by atoms with van der Waals surface area (Å²) in [6.07, 6.45) is 0. The lowest BCUT2D eigenvalue weighted by Gasteiger charge is -1.89.